The predicted octanol–water partition coefficient (Wildman–Crippen LogP) is 3.03. The van der Waals surface area contributed by atoms with E-state index in [1.165, 1.54) is 0 Å². The standard InChI is InChI=1S/C15H14BrN3O/c16-12-3-1-2-4-13(12)19-14(9-18-15(19)17)10-5-7-11(20)8-6-10/h1-8,14,20H,9H2,(H2,17,18). The molecule has 20 heavy (non-hydrogen) atoms. The molecule has 0 bridgehead atoms. The summed E-state index contributed by atoms with van der Waals surface area (Å²) in [5.41, 5.74) is 8.11. The molecule has 5 heteroatoms. The lowest BCUT2D eigenvalue weighted by Crippen LogP contribution is -2.36. The second-order valence-corrected chi connectivity index (χ2v) is 5.48. The van der Waals surface area contributed by atoms with E-state index in [9.17, 15) is 5.11 Å². The van der Waals surface area contributed by atoms with Crippen molar-refractivity contribution in [3.63, 3.8) is 0 Å². The van der Waals surface area contributed by atoms with Crippen LogP contribution < -0.4 is 10.6 Å². The van der Waals surface area contributed by atoms with Gasteiger partial charge in [0.25, 0.3) is 0 Å². The van der Waals surface area contributed by atoms with Gasteiger partial charge in [-0.1, -0.05) is 24.3 Å². The van der Waals surface area contributed by atoms with Crippen molar-refractivity contribution in [2.75, 3.05) is 11.4 Å². The first-order valence-electron chi connectivity index (χ1n) is 6.29. The van der Waals surface area contributed by atoms with Crippen LogP contribution in [0.15, 0.2) is 58.0 Å². The lowest BCUT2D eigenvalue weighted by atomic mass is 10.1. The molecule has 102 valence electrons. The summed E-state index contributed by atoms with van der Waals surface area (Å²) < 4.78 is 0.976. The van der Waals surface area contributed by atoms with Gasteiger partial charge >= 0.3 is 0 Å². The van der Waals surface area contributed by atoms with E-state index in [4.69, 9.17) is 5.73 Å². The Morgan fingerprint density at radius 1 is 1.15 bits per heavy atom. The molecule has 1 unspecified atom stereocenters. The summed E-state index contributed by atoms with van der Waals surface area (Å²) in [4.78, 5) is 6.36. The number of aliphatic imine (C=N–C) groups is 1. The Morgan fingerprint density at radius 2 is 1.85 bits per heavy atom. The molecule has 0 radical (unpaired) electrons. The van der Waals surface area contributed by atoms with Gasteiger partial charge in [0.15, 0.2) is 5.96 Å². The van der Waals surface area contributed by atoms with E-state index in [1.54, 1.807) is 12.1 Å². The molecule has 2 aromatic rings. The summed E-state index contributed by atoms with van der Waals surface area (Å²) in [5, 5.41) is 9.40. The smallest absolute Gasteiger partial charge is 0.196 e. The van der Waals surface area contributed by atoms with Gasteiger partial charge < -0.3 is 15.7 Å². The molecule has 0 spiro atoms. The first-order chi connectivity index (χ1) is 9.66. The van der Waals surface area contributed by atoms with Crippen LogP contribution in [0.4, 0.5) is 5.69 Å². The van der Waals surface area contributed by atoms with Crippen molar-refractivity contribution in [3.05, 3.63) is 58.6 Å². The fourth-order valence-electron chi connectivity index (χ4n) is 2.39. The Kier molecular flexibility index (Phi) is 3.36. The predicted molar refractivity (Wildman–Crippen MR) is 84.0 cm³/mol. The Morgan fingerprint density at radius 3 is 2.55 bits per heavy atom. The molecule has 0 amide bonds. The largest absolute Gasteiger partial charge is 0.508 e. The van der Waals surface area contributed by atoms with Crippen molar-refractivity contribution in [2.24, 2.45) is 10.7 Å². The summed E-state index contributed by atoms with van der Waals surface area (Å²) in [6, 6.07) is 15.1. The van der Waals surface area contributed by atoms with E-state index < -0.39 is 0 Å². The highest BCUT2D eigenvalue weighted by Gasteiger charge is 2.29. The number of phenolic OH excluding ortho intramolecular Hbond substituents is 1. The van der Waals surface area contributed by atoms with Crippen LogP contribution in [0.2, 0.25) is 0 Å². The zero-order valence-electron chi connectivity index (χ0n) is 10.7. The third-order valence-corrected chi connectivity index (χ3v) is 4.05. The molecule has 1 heterocycles. The van der Waals surface area contributed by atoms with Crippen LogP contribution in [0.25, 0.3) is 0 Å². The number of nitrogens with two attached hydrogens (primary N) is 1. The van der Waals surface area contributed by atoms with Crippen molar-refractivity contribution < 1.29 is 5.11 Å². The Balaban J connectivity index is 2.01. The fourth-order valence-corrected chi connectivity index (χ4v) is 2.86. The van der Waals surface area contributed by atoms with Crippen molar-refractivity contribution in [2.45, 2.75) is 6.04 Å². The maximum absolute atomic E-state index is 9.40. The van der Waals surface area contributed by atoms with Crippen molar-refractivity contribution >= 4 is 27.6 Å². The van der Waals surface area contributed by atoms with E-state index in [0.29, 0.717) is 12.5 Å². The minimum Gasteiger partial charge on any atom is -0.508 e. The molecule has 0 saturated carbocycles. The number of hydrogen-bond donors (Lipinski definition) is 2. The van der Waals surface area contributed by atoms with E-state index in [1.807, 2.05) is 41.3 Å². The summed E-state index contributed by atoms with van der Waals surface area (Å²) in [6.45, 7) is 0.609. The molecule has 1 atom stereocenters. The van der Waals surface area contributed by atoms with Gasteiger partial charge in [-0.3, -0.25) is 4.99 Å². The third-order valence-electron chi connectivity index (χ3n) is 3.37. The lowest BCUT2D eigenvalue weighted by Gasteiger charge is -2.27. The number of benzene rings is 2. The fraction of sp³-hybridized carbons (Fsp3) is 0.133. The quantitative estimate of drug-likeness (QED) is 0.889. The zero-order chi connectivity index (χ0) is 14.1. The number of nitrogens with zero attached hydrogens (tertiary/aromatic N) is 2. The van der Waals surface area contributed by atoms with Crippen LogP contribution in [0.1, 0.15) is 11.6 Å². The number of aromatic hydroxyl groups is 1. The minimum absolute atomic E-state index is 0.0503. The zero-order valence-corrected chi connectivity index (χ0v) is 12.3. The Hall–Kier alpha value is -2.01. The number of halogens is 1. The monoisotopic (exact) mass is 331 g/mol. The molecule has 0 aromatic heterocycles. The Labute approximate surface area is 125 Å². The maximum Gasteiger partial charge on any atom is 0.196 e. The van der Waals surface area contributed by atoms with E-state index in [0.717, 1.165) is 15.7 Å². The molecule has 0 fully saturated rings. The number of hydrogen-bond acceptors (Lipinski definition) is 4. The SMILES string of the molecule is NC1=NCC(c2ccc(O)cc2)N1c1ccccc1Br. The molecule has 0 saturated heterocycles. The molecule has 0 aliphatic carbocycles. The highest BCUT2D eigenvalue weighted by atomic mass is 79.9. The van der Waals surface area contributed by atoms with Crippen LogP contribution >= 0.6 is 15.9 Å². The minimum atomic E-state index is 0.0503. The number of para-hydroxylation sites is 1. The molecular weight excluding hydrogens is 318 g/mol. The number of phenols is 1. The van der Waals surface area contributed by atoms with Gasteiger partial charge in [0.05, 0.1) is 18.3 Å². The van der Waals surface area contributed by atoms with Gasteiger partial charge in [0, 0.05) is 4.47 Å². The highest BCUT2D eigenvalue weighted by molar-refractivity contribution is 9.10. The van der Waals surface area contributed by atoms with E-state index in [-0.39, 0.29) is 11.8 Å². The van der Waals surface area contributed by atoms with Crippen LogP contribution in [-0.2, 0) is 0 Å². The second-order valence-electron chi connectivity index (χ2n) is 4.63. The summed E-state index contributed by atoms with van der Waals surface area (Å²) >= 11 is 3.55. The molecule has 1 aliphatic heterocycles. The van der Waals surface area contributed by atoms with E-state index in [2.05, 4.69) is 20.9 Å². The first-order valence-corrected chi connectivity index (χ1v) is 7.09. The van der Waals surface area contributed by atoms with Gasteiger partial charge in [0.2, 0.25) is 0 Å². The average molecular weight is 332 g/mol. The first kappa shape index (κ1) is 13.0. The summed E-state index contributed by atoms with van der Waals surface area (Å²) in [7, 11) is 0. The molecule has 3 rings (SSSR count). The molecule has 3 N–H and O–H groups in total. The number of anilines is 1. The number of rotatable bonds is 2. The van der Waals surface area contributed by atoms with Crippen molar-refractivity contribution in [1.29, 1.82) is 0 Å². The van der Waals surface area contributed by atoms with Gasteiger partial charge in [-0.25, -0.2) is 0 Å². The molecule has 4 nitrogen and oxygen atoms in total. The average Bonchev–Trinajstić information content (AvgIpc) is 2.82. The van der Waals surface area contributed by atoms with Crippen LogP contribution in [0.3, 0.4) is 0 Å². The van der Waals surface area contributed by atoms with Crippen LogP contribution in [0.5, 0.6) is 5.75 Å². The van der Waals surface area contributed by atoms with E-state index >= 15 is 0 Å². The maximum atomic E-state index is 9.40. The van der Waals surface area contributed by atoms with Gasteiger partial charge in [-0.15, -0.1) is 0 Å². The number of guanidine groups is 1. The van der Waals surface area contributed by atoms with Crippen molar-refractivity contribution in [3.8, 4) is 5.75 Å². The third kappa shape index (κ3) is 2.25. The molecule has 1 aliphatic rings. The van der Waals surface area contributed by atoms with Gasteiger partial charge in [0.1, 0.15) is 5.75 Å². The summed E-state index contributed by atoms with van der Waals surface area (Å²) in [6.07, 6.45) is 0. The van der Waals surface area contributed by atoms with Gasteiger partial charge in [-0.05, 0) is 45.8 Å². The van der Waals surface area contributed by atoms with Gasteiger partial charge in [-0.2, -0.15) is 0 Å². The van der Waals surface area contributed by atoms with Crippen molar-refractivity contribution in [1.82, 2.24) is 0 Å². The highest BCUT2D eigenvalue weighted by Crippen LogP contribution is 2.35. The topological polar surface area (TPSA) is 61.9 Å². The molecule has 2 aromatic carbocycles. The van der Waals surface area contributed by atoms with Crippen LogP contribution in [0, 0.1) is 0 Å². The normalized spacial score (nSPS) is 18.1. The second kappa shape index (κ2) is 5.17. The lowest BCUT2D eigenvalue weighted by molar-refractivity contribution is 0.475. The Bertz CT molecular complexity index is 654. The molecular formula is C15H14BrN3O. The summed E-state index contributed by atoms with van der Waals surface area (Å²) in [5.74, 6) is 0.767. The van der Waals surface area contributed by atoms with Crippen LogP contribution in [-0.4, -0.2) is 17.6 Å².